The van der Waals surface area contributed by atoms with Gasteiger partial charge in [0, 0.05) is 6.07 Å². The van der Waals surface area contributed by atoms with E-state index in [9.17, 15) is 13.2 Å². The van der Waals surface area contributed by atoms with Gasteiger partial charge in [0.2, 0.25) is 5.91 Å². The van der Waals surface area contributed by atoms with Gasteiger partial charge >= 0.3 is 0 Å². The number of ether oxygens (including phenoxy) is 2. The zero-order valence-electron chi connectivity index (χ0n) is 15.5. The van der Waals surface area contributed by atoms with Crippen molar-refractivity contribution >= 4 is 44.2 Å². The quantitative estimate of drug-likeness (QED) is 0.765. The Bertz CT molecular complexity index is 1050. The summed E-state index contributed by atoms with van der Waals surface area (Å²) in [7, 11) is -0.777. The van der Waals surface area contributed by atoms with Crippen molar-refractivity contribution < 1.29 is 22.7 Å². The van der Waals surface area contributed by atoms with Crippen molar-refractivity contribution in [1.82, 2.24) is 0 Å². The first kappa shape index (κ1) is 20.0. The van der Waals surface area contributed by atoms with Crippen molar-refractivity contribution in [1.29, 1.82) is 0 Å². The molecule has 8 nitrogen and oxygen atoms in total. The van der Waals surface area contributed by atoms with E-state index < -0.39 is 10.0 Å². The van der Waals surface area contributed by atoms with Crippen LogP contribution < -0.4 is 20.1 Å². The minimum Gasteiger partial charge on any atom is -0.497 e. The van der Waals surface area contributed by atoms with Crippen molar-refractivity contribution in [3.05, 3.63) is 42.0 Å². The van der Waals surface area contributed by atoms with E-state index in [4.69, 9.17) is 9.47 Å². The lowest BCUT2D eigenvalue weighted by atomic mass is 10.2. The average molecular weight is 422 g/mol. The molecule has 10 heteroatoms. The molecule has 28 heavy (non-hydrogen) atoms. The number of nitrogens with zero attached hydrogens (tertiary/aromatic N) is 1. The molecule has 0 aromatic heterocycles. The smallest absolute Gasteiger partial charge is 0.286 e. The summed E-state index contributed by atoms with van der Waals surface area (Å²) in [6.45, 7) is 1.86. The van der Waals surface area contributed by atoms with Crippen LogP contribution in [0.5, 0.6) is 11.5 Å². The minimum absolute atomic E-state index is 0.0388. The molecule has 148 valence electrons. The number of carbonyl (C=O) groups excluding carboxylic acids is 1. The van der Waals surface area contributed by atoms with Crippen LogP contribution >= 0.6 is 11.8 Å². The second kappa shape index (κ2) is 8.11. The van der Waals surface area contributed by atoms with Crippen molar-refractivity contribution in [2.75, 3.05) is 30.6 Å². The van der Waals surface area contributed by atoms with E-state index in [0.717, 1.165) is 17.3 Å². The Labute approximate surface area is 167 Å². The number of hydrogen-bond donors (Lipinski definition) is 2. The van der Waals surface area contributed by atoms with E-state index in [2.05, 4.69) is 15.0 Å². The molecule has 0 aliphatic carbocycles. The number of hydrogen-bond acceptors (Lipinski definition) is 7. The van der Waals surface area contributed by atoms with Gasteiger partial charge in [0.05, 0.1) is 31.3 Å². The van der Waals surface area contributed by atoms with Gasteiger partial charge in [-0.2, -0.15) is 8.42 Å². The van der Waals surface area contributed by atoms with Crippen molar-refractivity contribution in [3.63, 3.8) is 0 Å². The number of amidine groups is 1. The molecule has 0 fully saturated rings. The number of carbonyl (C=O) groups is 1. The summed E-state index contributed by atoms with van der Waals surface area (Å²) in [5.74, 6) is 0.677. The summed E-state index contributed by atoms with van der Waals surface area (Å²) in [5.41, 5.74) is 1.82. The van der Waals surface area contributed by atoms with E-state index in [0.29, 0.717) is 22.9 Å². The van der Waals surface area contributed by atoms with Crippen molar-refractivity contribution in [2.24, 2.45) is 4.40 Å². The first-order chi connectivity index (χ1) is 13.3. The fourth-order valence-electron chi connectivity index (χ4n) is 2.56. The highest BCUT2D eigenvalue weighted by Crippen LogP contribution is 2.31. The minimum atomic E-state index is -3.80. The second-order valence-electron chi connectivity index (χ2n) is 5.90. The summed E-state index contributed by atoms with van der Waals surface area (Å²) in [6, 6.07) is 9.99. The molecule has 0 unspecified atom stereocenters. The van der Waals surface area contributed by atoms with Crippen LogP contribution in [0.1, 0.15) is 5.56 Å². The molecule has 1 heterocycles. The highest BCUT2D eigenvalue weighted by molar-refractivity contribution is 8.15. The van der Waals surface area contributed by atoms with Crippen LogP contribution in [0.4, 0.5) is 11.4 Å². The van der Waals surface area contributed by atoms with Gasteiger partial charge < -0.3 is 20.1 Å². The van der Waals surface area contributed by atoms with Crippen LogP contribution in [0, 0.1) is 6.92 Å². The maximum atomic E-state index is 12.3. The summed E-state index contributed by atoms with van der Waals surface area (Å²) in [5, 5.41) is 5.83. The summed E-state index contributed by atoms with van der Waals surface area (Å²) in [6.07, 6.45) is 0. The fourth-order valence-corrected chi connectivity index (χ4v) is 4.57. The van der Waals surface area contributed by atoms with Gasteiger partial charge in [0.15, 0.2) is 5.17 Å². The molecule has 1 aliphatic heterocycles. The Morgan fingerprint density at radius 1 is 1.18 bits per heavy atom. The largest absolute Gasteiger partial charge is 0.497 e. The molecular formula is C18H19N3O5S2. The molecule has 3 rings (SSSR count). The van der Waals surface area contributed by atoms with Gasteiger partial charge in [0.25, 0.3) is 10.0 Å². The first-order valence-corrected chi connectivity index (χ1v) is 10.6. The lowest BCUT2D eigenvalue weighted by molar-refractivity contribution is -0.113. The van der Waals surface area contributed by atoms with Gasteiger partial charge in [-0.3, -0.25) is 4.79 Å². The first-order valence-electron chi connectivity index (χ1n) is 8.19. The van der Waals surface area contributed by atoms with Crippen LogP contribution in [-0.2, 0) is 14.8 Å². The van der Waals surface area contributed by atoms with Crippen LogP contribution in [0.25, 0.3) is 0 Å². The zero-order chi connectivity index (χ0) is 20.3. The Kier molecular flexibility index (Phi) is 5.80. The maximum absolute atomic E-state index is 12.3. The molecule has 0 saturated carbocycles. The maximum Gasteiger partial charge on any atom is 0.286 e. The number of anilines is 2. The van der Waals surface area contributed by atoms with Gasteiger partial charge in [0.1, 0.15) is 16.4 Å². The Balaban J connectivity index is 1.70. The fraction of sp³-hybridized carbons (Fsp3) is 0.222. The number of rotatable bonds is 5. The number of fused-ring (bicyclic) bond motifs is 1. The monoisotopic (exact) mass is 421 g/mol. The summed E-state index contributed by atoms with van der Waals surface area (Å²) in [4.78, 5) is 12.4. The van der Waals surface area contributed by atoms with Crippen LogP contribution in [0.15, 0.2) is 45.7 Å². The van der Waals surface area contributed by atoms with E-state index in [1.807, 2.05) is 6.92 Å². The molecule has 1 amide bonds. The lowest BCUT2D eigenvalue weighted by Gasteiger charge is -2.18. The van der Waals surface area contributed by atoms with Gasteiger partial charge in [-0.25, -0.2) is 0 Å². The van der Waals surface area contributed by atoms with E-state index in [-0.39, 0.29) is 21.7 Å². The predicted octanol–water partition coefficient (Wildman–Crippen LogP) is 2.85. The molecule has 0 bridgehead atoms. The number of aryl methyl sites for hydroxylation is 1. The molecule has 0 atom stereocenters. The number of amides is 1. The van der Waals surface area contributed by atoms with Gasteiger partial charge in [-0.1, -0.05) is 17.8 Å². The standard InChI is InChI=1S/C18H19N3O5S2/c1-11-4-7-16-14(8-11)20-18(21-28(16,23)24)27-10-17(22)19-13-9-12(25-2)5-6-15(13)26-3/h4-9H,10H2,1-3H3,(H,19,22)(H,20,21). The number of sulfonamides is 1. The Morgan fingerprint density at radius 2 is 1.96 bits per heavy atom. The van der Waals surface area contributed by atoms with Crippen molar-refractivity contribution in [2.45, 2.75) is 11.8 Å². The Hall–Kier alpha value is -2.72. The van der Waals surface area contributed by atoms with Crippen LogP contribution in [0.2, 0.25) is 0 Å². The third-order valence-corrected chi connectivity index (χ3v) is 6.20. The van der Waals surface area contributed by atoms with E-state index in [1.165, 1.54) is 20.3 Å². The van der Waals surface area contributed by atoms with Crippen LogP contribution in [0.3, 0.4) is 0 Å². The highest BCUT2D eigenvalue weighted by Gasteiger charge is 2.25. The second-order valence-corrected chi connectivity index (χ2v) is 8.44. The molecule has 2 aromatic rings. The van der Waals surface area contributed by atoms with Gasteiger partial charge in [-0.05, 0) is 36.8 Å². The number of thioether (sulfide) groups is 1. The molecule has 1 aliphatic rings. The molecule has 0 saturated heterocycles. The SMILES string of the molecule is COc1ccc(OC)c(NC(=O)CSC2=NS(=O)(=O)c3ccc(C)cc3N2)c1. The molecule has 0 radical (unpaired) electrons. The van der Waals surface area contributed by atoms with E-state index in [1.54, 1.807) is 30.3 Å². The molecule has 0 spiro atoms. The van der Waals surface area contributed by atoms with E-state index >= 15 is 0 Å². The Morgan fingerprint density at radius 3 is 2.68 bits per heavy atom. The summed E-state index contributed by atoms with van der Waals surface area (Å²) >= 11 is 0.995. The number of methoxy groups -OCH3 is 2. The highest BCUT2D eigenvalue weighted by atomic mass is 32.2. The molecular weight excluding hydrogens is 402 g/mol. The predicted molar refractivity (Wildman–Crippen MR) is 110 cm³/mol. The third-order valence-electron chi connectivity index (χ3n) is 3.88. The molecule has 2 N–H and O–H groups in total. The van der Waals surface area contributed by atoms with Crippen molar-refractivity contribution in [3.8, 4) is 11.5 Å². The third kappa shape index (κ3) is 4.39. The zero-order valence-corrected chi connectivity index (χ0v) is 17.1. The topological polar surface area (TPSA) is 106 Å². The van der Waals surface area contributed by atoms with Gasteiger partial charge in [-0.15, -0.1) is 4.40 Å². The number of benzene rings is 2. The molecule has 2 aromatic carbocycles. The summed E-state index contributed by atoms with van der Waals surface area (Å²) < 4.78 is 38.7. The number of nitrogens with one attached hydrogen (secondary N) is 2. The normalized spacial score (nSPS) is 14.3. The average Bonchev–Trinajstić information content (AvgIpc) is 2.65. The lowest BCUT2D eigenvalue weighted by Crippen LogP contribution is -2.22. The van der Waals surface area contributed by atoms with Crippen LogP contribution in [-0.4, -0.2) is 39.5 Å².